The van der Waals surface area contributed by atoms with Gasteiger partial charge in [-0.1, -0.05) is 48.5 Å². The van der Waals surface area contributed by atoms with Gasteiger partial charge in [-0.05, 0) is 47.4 Å². The number of fused-ring (bicyclic) bond motifs is 1. The second kappa shape index (κ2) is 11.2. The number of amides is 1. The highest BCUT2D eigenvalue weighted by Crippen LogP contribution is 2.20. The van der Waals surface area contributed by atoms with Gasteiger partial charge in [0.05, 0.1) is 24.8 Å². The van der Waals surface area contributed by atoms with E-state index in [9.17, 15) is 4.79 Å². The molecule has 1 saturated heterocycles. The number of nitrogens with zero attached hydrogens (tertiary/aromatic N) is 4. The van der Waals surface area contributed by atoms with Gasteiger partial charge in [-0.25, -0.2) is 0 Å². The molecule has 2 aromatic heterocycles. The minimum atomic E-state index is -0.0847. The van der Waals surface area contributed by atoms with Gasteiger partial charge < -0.3 is 9.64 Å². The van der Waals surface area contributed by atoms with Gasteiger partial charge in [0, 0.05) is 50.2 Å². The van der Waals surface area contributed by atoms with Crippen molar-refractivity contribution >= 4 is 16.8 Å². The van der Waals surface area contributed by atoms with E-state index in [1.54, 1.807) is 12.4 Å². The fraction of sp³-hybridized carbons (Fsp3) is 0.276. The molecule has 6 heteroatoms. The summed E-state index contributed by atoms with van der Waals surface area (Å²) in [6.07, 6.45) is 6.16. The van der Waals surface area contributed by atoms with Crippen LogP contribution < -0.4 is 0 Å². The molecular formula is C29H30N4O2. The third kappa shape index (κ3) is 6.10. The Bertz CT molecular complexity index is 1240. The number of hydrogen-bond acceptors (Lipinski definition) is 5. The lowest BCUT2D eigenvalue weighted by Crippen LogP contribution is -2.39. The third-order valence-electron chi connectivity index (χ3n) is 6.48. The van der Waals surface area contributed by atoms with Crippen LogP contribution in [0.4, 0.5) is 0 Å². The van der Waals surface area contributed by atoms with Crippen LogP contribution in [0.25, 0.3) is 10.9 Å². The topological polar surface area (TPSA) is 58.6 Å². The number of benzene rings is 2. The van der Waals surface area contributed by atoms with Crippen molar-refractivity contribution in [3.63, 3.8) is 0 Å². The molecule has 0 aliphatic carbocycles. The molecule has 1 fully saturated rings. The molecule has 3 heterocycles. The average molecular weight is 467 g/mol. The minimum Gasteiger partial charge on any atom is -0.370 e. The maximum Gasteiger partial charge on any atom is 0.236 e. The molecule has 0 N–H and O–H groups in total. The fourth-order valence-corrected chi connectivity index (χ4v) is 4.63. The Morgan fingerprint density at radius 1 is 0.857 bits per heavy atom. The molecule has 0 unspecified atom stereocenters. The quantitative estimate of drug-likeness (QED) is 0.391. The van der Waals surface area contributed by atoms with Crippen molar-refractivity contribution < 1.29 is 9.53 Å². The summed E-state index contributed by atoms with van der Waals surface area (Å²) >= 11 is 0. The summed E-state index contributed by atoms with van der Waals surface area (Å²) in [5.74, 6) is 0.148. The number of ether oxygens (including phenoxy) is 1. The lowest BCUT2D eigenvalue weighted by molar-refractivity contribution is -0.131. The second-order valence-electron chi connectivity index (χ2n) is 9.02. The first kappa shape index (κ1) is 23.1. The van der Waals surface area contributed by atoms with E-state index in [0.717, 1.165) is 22.9 Å². The Hall–Kier alpha value is -3.61. The van der Waals surface area contributed by atoms with E-state index in [1.807, 2.05) is 59.6 Å². The van der Waals surface area contributed by atoms with Crippen molar-refractivity contribution in [3.8, 4) is 0 Å². The van der Waals surface area contributed by atoms with Gasteiger partial charge >= 0.3 is 0 Å². The van der Waals surface area contributed by atoms with E-state index >= 15 is 0 Å². The molecule has 0 saturated carbocycles. The first-order valence-corrected chi connectivity index (χ1v) is 12.1. The van der Waals surface area contributed by atoms with E-state index in [0.29, 0.717) is 39.3 Å². The Kier molecular flexibility index (Phi) is 7.41. The van der Waals surface area contributed by atoms with Crippen LogP contribution in [0.3, 0.4) is 0 Å². The Morgan fingerprint density at radius 3 is 2.51 bits per heavy atom. The van der Waals surface area contributed by atoms with Crippen LogP contribution in [0.2, 0.25) is 0 Å². The van der Waals surface area contributed by atoms with Gasteiger partial charge in [-0.15, -0.1) is 0 Å². The zero-order valence-corrected chi connectivity index (χ0v) is 19.8. The number of hydrogen-bond donors (Lipinski definition) is 0. The lowest BCUT2D eigenvalue weighted by Gasteiger charge is -2.25. The van der Waals surface area contributed by atoms with Crippen LogP contribution in [0.15, 0.2) is 91.4 Å². The van der Waals surface area contributed by atoms with Crippen LogP contribution >= 0.6 is 0 Å². The van der Waals surface area contributed by atoms with E-state index in [1.165, 1.54) is 11.1 Å². The Balaban J connectivity index is 1.33. The average Bonchev–Trinajstić information content (AvgIpc) is 3.05. The summed E-state index contributed by atoms with van der Waals surface area (Å²) in [4.78, 5) is 26.1. The molecule has 1 atom stereocenters. The predicted octanol–water partition coefficient (Wildman–Crippen LogP) is 4.10. The molecule has 0 spiro atoms. The first-order valence-electron chi connectivity index (χ1n) is 12.1. The van der Waals surface area contributed by atoms with Gasteiger partial charge in [-0.3, -0.25) is 19.7 Å². The largest absolute Gasteiger partial charge is 0.370 e. The highest BCUT2D eigenvalue weighted by Gasteiger charge is 2.28. The molecule has 4 aromatic rings. The number of rotatable bonds is 8. The molecule has 5 rings (SSSR count). The lowest BCUT2D eigenvalue weighted by atomic mass is 10.1. The number of carbonyl (C=O) groups excluding carboxylic acids is 1. The van der Waals surface area contributed by atoms with Crippen LogP contribution in [-0.2, 0) is 29.1 Å². The van der Waals surface area contributed by atoms with Crippen molar-refractivity contribution in [1.82, 2.24) is 19.8 Å². The molecule has 0 radical (unpaired) electrons. The third-order valence-corrected chi connectivity index (χ3v) is 6.48. The molecule has 1 aliphatic rings. The second-order valence-corrected chi connectivity index (χ2v) is 9.02. The predicted molar refractivity (Wildman–Crippen MR) is 137 cm³/mol. The summed E-state index contributed by atoms with van der Waals surface area (Å²) in [6.45, 7) is 3.51. The van der Waals surface area contributed by atoms with E-state index in [-0.39, 0.29) is 12.0 Å². The van der Waals surface area contributed by atoms with Crippen molar-refractivity contribution in [3.05, 3.63) is 108 Å². The van der Waals surface area contributed by atoms with Gasteiger partial charge in [-0.2, -0.15) is 0 Å². The molecule has 0 bridgehead atoms. The molecule has 178 valence electrons. The number of pyridine rings is 2. The minimum absolute atomic E-state index is 0.0847. The van der Waals surface area contributed by atoms with Crippen molar-refractivity contribution in [2.75, 3.05) is 26.2 Å². The standard InChI is InChI=1S/C29H30N4O2/c34-29-21-32(18-25-12-16-31-28-9-5-4-8-27(25)28)19-26(35-22-24-10-14-30-15-11-24)20-33(29)17-13-23-6-2-1-3-7-23/h1-12,14-16,26H,13,17-22H2/t26-/m0/s1. The Labute approximate surface area is 206 Å². The molecule has 35 heavy (non-hydrogen) atoms. The van der Waals surface area contributed by atoms with Crippen LogP contribution in [0, 0.1) is 0 Å². The van der Waals surface area contributed by atoms with Crippen molar-refractivity contribution in [2.45, 2.75) is 25.7 Å². The summed E-state index contributed by atoms with van der Waals surface area (Å²) in [5.41, 5.74) is 4.46. The molecule has 1 aliphatic heterocycles. The van der Waals surface area contributed by atoms with Gasteiger partial charge in [0.15, 0.2) is 0 Å². The molecule has 2 aromatic carbocycles. The van der Waals surface area contributed by atoms with Crippen molar-refractivity contribution in [2.24, 2.45) is 0 Å². The summed E-state index contributed by atoms with van der Waals surface area (Å²) in [6, 6.07) is 24.5. The zero-order chi connectivity index (χ0) is 23.9. The maximum atomic E-state index is 13.3. The number of aromatic nitrogens is 2. The maximum absolute atomic E-state index is 13.3. The van der Waals surface area contributed by atoms with E-state index in [4.69, 9.17) is 4.74 Å². The summed E-state index contributed by atoms with van der Waals surface area (Å²) in [7, 11) is 0. The molecule has 1 amide bonds. The fourth-order valence-electron chi connectivity index (χ4n) is 4.63. The SMILES string of the molecule is O=C1CN(Cc2ccnc3ccccc23)C[C@H](OCc2ccncc2)CN1CCc1ccccc1. The van der Waals surface area contributed by atoms with Gasteiger partial charge in [0.25, 0.3) is 0 Å². The zero-order valence-electron chi connectivity index (χ0n) is 19.8. The first-order chi connectivity index (χ1) is 17.2. The van der Waals surface area contributed by atoms with Crippen LogP contribution in [0.1, 0.15) is 16.7 Å². The van der Waals surface area contributed by atoms with E-state index in [2.05, 4.69) is 39.1 Å². The Morgan fingerprint density at radius 2 is 1.66 bits per heavy atom. The van der Waals surface area contributed by atoms with E-state index < -0.39 is 0 Å². The highest BCUT2D eigenvalue weighted by molar-refractivity contribution is 5.82. The van der Waals surface area contributed by atoms with Crippen LogP contribution in [0.5, 0.6) is 0 Å². The van der Waals surface area contributed by atoms with Crippen LogP contribution in [-0.4, -0.2) is 58.0 Å². The normalized spacial score (nSPS) is 17.0. The van der Waals surface area contributed by atoms with Gasteiger partial charge in [0.1, 0.15) is 0 Å². The summed E-state index contributed by atoms with van der Waals surface area (Å²) in [5, 5.41) is 1.13. The monoisotopic (exact) mass is 466 g/mol. The summed E-state index contributed by atoms with van der Waals surface area (Å²) < 4.78 is 6.36. The molecular weight excluding hydrogens is 436 g/mol. The molecule has 6 nitrogen and oxygen atoms in total. The van der Waals surface area contributed by atoms with Gasteiger partial charge in [0.2, 0.25) is 5.91 Å². The number of carbonyl (C=O) groups is 1. The highest BCUT2D eigenvalue weighted by atomic mass is 16.5. The number of para-hydroxylation sites is 1. The smallest absolute Gasteiger partial charge is 0.236 e. The van der Waals surface area contributed by atoms with Crippen molar-refractivity contribution in [1.29, 1.82) is 0 Å².